The number of hydrogen-bond donors (Lipinski definition) is 1. The third-order valence-electron chi connectivity index (χ3n) is 3.12. The van der Waals surface area contributed by atoms with Crippen LogP contribution in [-0.4, -0.2) is 12.7 Å². The fraction of sp³-hybridized carbons (Fsp3) is 0.571. The molecule has 0 saturated heterocycles. The standard InChI is InChI=1S/C14H22N2/c1-10(2)8-12-6-5-7-13-14(12)15-9-16(13)11(3)4/h5-7,10-11,15H,8-9H2,1-4H3. The molecule has 2 heteroatoms. The normalized spacial score (nSPS) is 14.5. The second-order valence-electron chi connectivity index (χ2n) is 5.31. The van der Waals surface area contributed by atoms with Gasteiger partial charge in [0.1, 0.15) is 0 Å². The molecule has 1 aliphatic heterocycles. The number of hydrogen-bond acceptors (Lipinski definition) is 2. The van der Waals surface area contributed by atoms with Crippen molar-refractivity contribution in [1.29, 1.82) is 0 Å². The Labute approximate surface area is 98.7 Å². The van der Waals surface area contributed by atoms with Gasteiger partial charge in [0.05, 0.1) is 18.0 Å². The van der Waals surface area contributed by atoms with Gasteiger partial charge < -0.3 is 10.2 Å². The number of nitrogens with one attached hydrogen (secondary N) is 1. The molecule has 1 heterocycles. The van der Waals surface area contributed by atoms with Crippen LogP contribution in [0.5, 0.6) is 0 Å². The van der Waals surface area contributed by atoms with Crippen LogP contribution in [0.25, 0.3) is 0 Å². The second kappa shape index (κ2) is 4.36. The highest BCUT2D eigenvalue weighted by Crippen LogP contribution is 2.36. The largest absolute Gasteiger partial charge is 0.366 e. The van der Waals surface area contributed by atoms with E-state index in [2.05, 4.69) is 56.1 Å². The Morgan fingerprint density at radius 1 is 1.25 bits per heavy atom. The Morgan fingerprint density at radius 3 is 2.62 bits per heavy atom. The van der Waals surface area contributed by atoms with Gasteiger partial charge in [0.25, 0.3) is 0 Å². The lowest BCUT2D eigenvalue weighted by molar-refractivity contribution is 0.648. The lowest BCUT2D eigenvalue weighted by atomic mass is 10.0. The van der Waals surface area contributed by atoms with Crippen LogP contribution in [0.1, 0.15) is 33.3 Å². The van der Waals surface area contributed by atoms with Crippen LogP contribution < -0.4 is 10.2 Å². The van der Waals surface area contributed by atoms with Gasteiger partial charge in [-0.3, -0.25) is 0 Å². The van der Waals surface area contributed by atoms with Gasteiger partial charge in [-0.05, 0) is 37.8 Å². The molecule has 0 fully saturated rings. The molecule has 0 atom stereocenters. The average molecular weight is 218 g/mol. The summed E-state index contributed by atoms with van der Waals surface area (Å²) in [5.74, 6) is 0.710. The van der Waals surface area contributed by atoms with Gasteiger partial charge in [0.15, 0.2) is 0 Å². The number of rotatable bonds is 3. The third kappa shape index (κ3) is 2.01. The highest BCUT2D eigenvalue weighted by atomic mass is 15.3. The Kier molecular flexibility index (Phi) is 3.08. The molecule has 0 spiro atoms. The van der Waals surface area contributed by atoms with Crippen LogP contribution in [0, 0.1) is 5.92 Å². The van der Waals surface area contributed by atoms with Crippen LogP contribution in [0.4, 0.5) is 11.4 Å². The summed E-state index contributed by atoms with van der Waals surface area (Å²) in [6, 6.07) is 7.20. The van der Waals surface area contributed by atoms with Gasteiger partial charge in [-0.25, -0.2) is 0 Å². The summed E-state index contributed by atoms with van der Waals surface area (Å²) in [4.78, 5) is 2.42. The SMILES string of the molecule is CC(C)Cc1cccc2c1NCN2C(C)C. The lowest BCUT2D eigenvalue weighted by Crippen LogP contribution is -2.29. The molecule has 1 aromatic rings. The molecule has 0 saturated carbocycles. The fourth-order valence-corrected chi connectivity index (χ4v) is 2.35. The molecule has 1 N–H and O–H groups in total. The Bertz CT molecular complexity index is 369. The van der Waals surface area contributed by atoms with Crippen LogP contribution in [0.2, 0.25) is 0 Å². The van der Waals surface area contributed by atoms with Crippen molar-refractivity contribution >= 4 is 11.4 Å². The summed E-state index contributed by atoms with van der Waals surface area (Å²) < 4.78 is 0. The molecule has 0 aromatic heterocycles. The summed E-state index contributed by atoms with van der Waals surface area (Å²) in [5.41, 5.74) is 4.17. The first kappa shape index (κ1) is 11.3. The number of fused-ring (bicyclic) bond motifs is 1. The van der Waals surface area contributed by atoms with Crippen LogP contribution >= 0.6 is 0 Å². The molecule has 0 amide bonds. The van der Waals surface area contributed by atoms with Crippen molar-refractivity contribution in [3.8, 4) is 0 Å². The lowest BCUT2D eigenvalue weighted by Gasteiger charge is -2.22. The molecule has 0 radical (unpaired) electrons. The van der Waals surface area contributed by atoms with Gasteiger partial charge in [-0.15, -0.1) is 0 Å². The van der Waals surface area contributed by atoms with E-state index in [1.54, 1.807) is 0 Å². The summed E-state index contributed by atoms with van der Waals surface area (Å²) in [6.07, 6.45) is 1.15. The zero-order chi connectivity index (χ0) is 11.7. The van der Waals surface area contributed by atoms with Crippen molar-refractivity contribution in [2.75, 3.05) is 16.9 Å². The highest BCUT2D eigenvalue weighted by molar-refractivity contribution is 5.78. The van der Waals surface area contributed by atoms with E-state index >= 15 is 0 Å². The summed E-state index contributed by atoms with van der Waals surface area (Å²) in [7, 11) is 0. The first-order valence-corrected chi connectivity index (χ1v) is 6.22. The van der Waals surface area contributed by atoms with E-state index < -0.39 is 0 Å². The molecular weight excluding hydrogens is 196 g/mol. The van der Waals surface area contributed by atoms with Gasteiger partial charge >= 0.3 is 0 Å². The van der Waals surface area contributed by atoms with Gasteiger partial charge in [-0.2, -0.15) is 0 Å². The van der Waals surface area contributed by atoms with E-state index in [0.29, 0.717) is 12.0 Å². The second-order valence-corrected chi connectivity index (χ2v) is 5.31. The minimum absolute atomic E-state index is 0.558. The smallest absolute Gasteiger partial charge is 0.0880 e. The minimum Gasteiger partial charge on any atom is -0.366 e. The topological polar surface area (TPSA) is 15.3 Å². The van der Waals surface area contributed by atoms with E-state index in [1.165, 1.54) is 16.9 Å². The van der Waals surface area contributed by atoms with Crippen molar-refractivity contribution in [3.05, 3.63) is 23.8 Å². The molecule has 0 unspecified atom stereocenters. The number of para-hydroxylation sites is 1. The van der Waals surface area contributed by atoms with Crippen LogP contribution in [0.15, 0.2) is 18.2 Å². The molecule has 2 rings (SSSR count). The molecule has 88 valence electrons. The monoisotopic (exact) mass is 218 g/mol. The van der Waals surface area contributed by atoms with Gasteiger partial charge in [0, 0.05) is 6.04 Å². The summed E-state index contributed by atoms with van der Waals surface area (Å²) in [6.45, 7) is 9.98. The average Bonchev–Trinajstić information content (AvgIpc) is 2.61. The molecule has 16 heavy (non-hydrogen) atoms. The predicted molar refractivity (Wildman–Crippen MR) is 71.1 cm³/mol. The van der Waals surface area contributed by atoms with Crippen molar-refractivity contribution in [2.45, 2.75) is 40.2 Å². The van der Waals surface area contributed by atoms with E-state index in [1.807, 2.05) is 0 Å². The molecule has 0 aliphatic carbocycles. The zero-order valence-corrected chi connectivity index (χ0v) is 10.7. The molecular formula is C14H22N2. The van der Waals surface area contributed by atoms with Crippen molar-refractivity contribution in [1.82, 2.24) is 0 Å². The Balaban J connectivity index is 2.32. The molecule has 1 aliphatic rings. The van der Waals surface area contributed by atoms with Crippen LogP contribution in [-0.2, 0) is 6.42 Å². The van der Waals surface area contributed by atoms with E-state index in [-0.39, 0.29) is 0 Å². The Hall–Kier alpha value is -1.18. The number of nitrogens with zero attached hydrogens (tertiary/aromatic N) is 1. The van der Waals surface area contributed by atoms with E-state index in [4.69, 9.17) is 0 Å². The fourth-order valence-electron chi connectivity index (χ4n) is 2.35. The van der Waals surface area contributed by atoms with E-state index in [0.717, 1.165) is 13.1 Å². The van der Waals surface area contributed by atoms with Crippen molar-refractivity contribution < 1.29 is 0 Å². The maximum atomic E-state index is 3.53. The maximum absolute atomic E-state index is 3.53. The molecule has 1 aromatic carbocycles. The zero-order valence-electron chi connectivity index (χ0n) is 10.7. The van der Waals surface area contributed by atoms with Crippen molar-refractivity contribution in [2.24, 2.45) is 5.92 Å². The first-order chi connectivity index (χ1) is 7.59. The number of benzene rings is 1. The minimum atomic E-state index is 0.558. The summed E-state index contributed by atoms with van der Waals surface area (Å²) >= 11 is 0. The number of anilines is 2. The highest BCUT2D eigenvalue weighted by Gasteiger charge is 2.22. The van der Waals surface area contributed by atoms with Gasteiger partial charge in [-0.1, -0.05) is 26.0 Å². The predicted octanol–water partition coefficient (Wildman–Crippen LogP) is 3.48. The Morgan fingerprint density at radius 2 is 2.00 bits per heavy atom. The summed E-state index contributed by atoms with van der Waals surface area (Å²) in [5, 5.41) is 3.53. The maximum Gasteiger partial charge on any atom is 0.0880 e. The van der Waals surface area contributed by atoms with E-state index in [9.17, 15) is 0 Å². The van der Waals surface area contributed by atoms with Crippen molar-refractivity contribution in [3.63, 3.8) is 0 Å². The molecule has 2 nitrogen and oxygen atoms in total. The van der Waals surface area contributed by atoms with Crippen LogP contribution in [0.3, 0.4) is 0 Å². The quantitative estimate of drug-likeness (QED) is 0.835. The molecule has 0 bridgehead atoms. The van der Waals surface area contributed by atoms with Gasteiger partial charge in [0.2, 0.25) is 0 Å². The first-order valence-electron chi connectivity index (χ1n) is 6.22. The third-order valence-corrected chi connectivity index (χ3v) is 3.12.